The number of ketones is 1. The van der Waals surface area contributed by atoms with E-state index in [0.29, 0.717) is 22.0 Å². The summed E-state index contributed by atoms with van der Waals surface area (Å²) in [6, 6.07) is 13.8. The van der Waals surface area contributed by atoms with Crippen molar-refractivity contribution < 1.29 is 14.3 Å². The van der Waals surface area contributed by atoms with E-state index in [4.69, 9.17) is 16.3 Å². The molecule has 0 aliphatic carbocycles. The van der Waals surface area contributed by atoms with Gasteiger partial charge in [0, 0.05) is 16.3 Å². The number of ether oxygens (including phenoxy) is 1. The average molecular weight is 350 g/mol. The lowest BCUT2D eigenvalue weighted by Crippen LogP contribution is -2.15. The van der Waals surface area contributed by atoms with Gasteiger partial charge in [0.15, 0.2) is 5.78 Å². The van der Waals surface area contributed by atoms with Gasteiger partial charge in [-0.1, -0.05) is 23.7 Å². The van der Waals surface area contributed by atoms with Gasteiger partial charge in [-0.3, -0.25) is 9.59 Å². The van der Waals surface area contributed by atoms with Crippen molar-refractivity contribution in [3.05, 3.63) is 59.1 Å². The summed E-state index contributed by atoms with van der Waals surface area (Å²) < 4.78 is 5.09. The highest BCUT2D eigenvalue weighted by Gasteiger charge is 2.09. The number of anilines is 1. The molecule has 23 heavy (non-hydrogen) atoms. The van der Waals surface area contributed by atoms with Crippen LogP contribution < -0.4 is 10.1 Å². The van der Waals surface area contributed by atoms with Gasteiger partial charge in [0.2, 0.25) is 5.91 Å². The Balaban J connectivity index is 1.78. The van der Waals surface area contributed by atoms with E-state index >= 15 is 0 Å². The highest BCUT2D eigenvalue weighted by molar-refractivity contribution is 8.00. The number of rotatable bonds is 7. The van der Waals surface area contributed by atoms with Crippen LogP contribution in [0, 0.1) is 0 Å². The summed E-state index contributed by atoms with van der Waals surface area (Å²) in [5, 5.41) is 3.36. The maximum atomic E-state index is 12.1. The minimum Gasteiger partial charge on any atom is -0.497 e. The lowest BCUT2D eigenvalue weighted by atomic mass is 10.1. The molecule has 4 nitrogen and oxygen atoms in total. The van der Waals surface area contributed by atoms with Crippen molar-refractivity contribution in [2.45, 2.75) is 0 Å². The molecule has 0 aliphatic rings. The zero-order valence-electron chi connectivity index (χ0n) is 12.5. The molecule has 2 rings (SSSR count). The average Bonchev–Trinajstić information content (AvgIpc) is 2.57. The molecule has 6 heteroatoms. The molecular weight excluding hydrogens is 334 g/mol. The molecule has 0 aliphatic heterocycles. The predicted molar refractivity (Wildman–Crippen MR) is 94.7 cm³/mol. The molecule has 0 aromatic heterocycles. The van der Waals surface area contributed by atoms with Crippen LogP contribution in [0.3, 0.4) is 0 Å². The normalized spacial score (nSPS) is 10.2. The van der Waals surface area contributed by atoms with Crippen LogP contribution in [-0.4, -0.2) is 30.3 Å². The third kappa shape index (κ3) is 5.62. The molecule has 0 saturated heterocycles. The number of carbonyl (C=O) groups is 2. The number of carbonyl (C=O) groups excluding carboxylic acids is 2. The van der Waals surface area contributed by atoms with Crippen LogP contribution in [0.25, 0.3) is 0 Å². The van der Waals surface area contributed by atoms with Crippen LogP contribution in [0.4, 0.5) is 5.69 Å². The summed E-state index contributed by atoms with van der Waals surface area (Å²) in [6.45, 7) is 0. The van der Waals surface area contributed by atoms with E-state index in [1.165, 1.54) is 11.8 Å². The van der Waals surface area contributed by atoms with Gasteiger partial charge in [0.1, 0.15) is 5.75 Å². The van der Waals surface area contributed by atoms with E-state index in [9.17, 15) is 9.59 Å². The van der Waals surface area contributed by atoms with Gasteiger partial charge in [0.25, 0.3) is 0 Å². The standard InChI is InChI=1S/C17H16ClNO3S/c1-22-15-4-2-3-12(9-15)16(20)10-23-11-17(21)19-14-7-5-13(18)6-8-14/h2-9H,10-11H2,1H3,(H,19,21). The lowest BCUT2D eigenvalue weighted by Gasteiger charge is -2.06. The number of hydrogen-bond donors (Lipinski definition) is 1. The third-order valence-corrected chi connectivity index (χ3v) is 4.17. The first-order chi connectivity index (χ1) is 11.1. The number of Topliss-reactive ketones (excluding diaryl/α,β-unsaturated/α-hetero) is 1. The summed E-state index contributed by atoms with van der Waals surface area (Å²) in [5.41, 5.74) is 1.26. The molecule has 2 aromatic carbocycles. The van der Waals surface area contributed by atoms with E-state index < -0.39 is 0 Å². The van der Waals surface area contributed by atoms with Gasteiger partial charge in [-0.15, -0.1) is 11.8 Å². The third-order valence-electron chi connectivity index (χ3n) is 2.99. The van der Waals surface area contributed by atoms with Crippen LogP contribution in [-0.2, 0) is 4.79 Å². The summed E-state index contributed by atoms with van der Waals surface area (Å²) in [5.74, 6) is 0.893. The van der Waals surface area contributed by atoms with Crippen LogP contribution >= 0.6 is 23.4 Å². The molecule has 0 heterocycles. The smallest absolute Gasteiger partial charge is 0.234 e. The van der Waals surface area contributed by atoms with Crippen molar-refractivity contribution in [3.8, 4) is 5.75 Å². The molecule has 0 radical (unpaired) electrons. The number of benzene rings is 2. The number of thioether (sulfide) groups is 1. The fourth-order valence-corrected chi connectivity index (χ4v) is 2.68. The van der Waals surface area contributed by atoms with Gasteiger partial charge in [-0.05, 0) is 36.4 Å². The highest BCUT2D eigenvalue weighted by atomic mass is 35.5. The Labute approximate surface area is 144 Å². The van der Waals surface area contributed by atoms with Crippen molar-refractivity contribution in [3.63, 3.8) is 0 Å². The van der Waals surface area contributed by atoms with Gasteiger partial charge in [-0.25, -0.2) is 0 Å². The molecule has 2 aromatic rings. The molecule has 0 bridgehead atoms. The zero-order valence-corrected chi connectivity index (χ0v) is 14.1. The van der Waals surface area contributed by atoms with Crippen molar-refractivity contribution in [2.75, 3.05) is 23.9 Å². The van der Waals surface area contributed by atoms with Crippen molar-refractivity contribution in [1.29, 1.82) is 0 Å². The summed E-state index contributed by atoms with van der Waals surface area (Å²) in [6.07, 6.45) is 0. The molecule has 0 spiro atoms. The summed E-state index contributed by atoms with van der Waals surface area (Å²) in [7, 11) is 1.55. The fraction of sp³-hybridized carbons (Fsp3) is 0.176. The largest absolute Gasteiger partial charge is 0.497 e. The van der Waals surface area contributed by atoms with Crippen LogP contribution in [0.5, 0.6) is 5.75 Å². The van der Waals surface area contributed by atoms with E-state index in [1.807, 2.05) is 0 Å². The Bertz CT molecular complexity index is 688. The summed E-state index contributed by atoms with van der Waals surface area (Å²) in [4.78, 5) is 23.9. The number of hydrogen-bond acceptors (Lipinski definition) is 4. The molecule has 1 N–H and O–H groups in total. The highest BCUT2D eigenvalue weighted by Crippen LogP contribution is 2.16. The van der Waals surface area contributed by atoms with Crippen LogP contribution in [0.1, 0.15) is 10.4 Å². The maximum absolute atomic E-state index is 12.1. The molecule has 0 saturated carbocycles. The number of nitrogens with one attached hydrogen (secondary N) is 1. The molecule has 0 atom stereocenters. The van der Waals surface area contributed by atoms with Gasteiger partial charge in [-0.2, -0.15) is 0 Å². The maximum Gasteiger partial charge on any atom is 0.234 e. The monoisotopic (exact) mass is 349 g/mol. The Hall–Kier alpha value is -1.98. The minimum absolute atomic E-state index is 0.0341. The van der Waals surface area contributed by atoms with Gasteiger partial charge in [0.05, 0.1) is 18.6 Å². The molecule has 120 valence electrons. The quantitative estimate of drug-likeness (QED) is 0.770. The number of amides is 1. The number of halogens is 1. The Morgan fingerprint density at radius 1 is 1.13 bits per heavy atom. The Kier molecular flexibility index (Phi) is 6.50. The first-order valence-corrected chi connectivity index (χ1v) is 8.42. The predicted octanol–water partition coefficient (Wildman–Crippen LogP) is 3.90. The van der Waals surface area contributed by atoms with Crippen molar-refractivity contribution in [2.24, 2.45) is 0 Å². The topological polar surface area (TPSA) is 55.4 Å². The van der Waals surface area contributed by atoms with Crippen LogP contribution in [0.2, 0.25) is 5.02 Å². The van der Waals surface area contributed by atoms with Crippen molar-refractivity contribution in [1.82, 2.24) is 0 Å². The van der Waals surface area contributed by atoms with E-state index in [-0.39, 0.29) is 23.2 Å². The second-order valence-corrected chi connectivity index (χ2v) is 6.13. The first kappa shape index (κ1) is 17.4. The van der Waals surface area contributed by atoms with Crippen LogP contribution in [0.15, 0.2) is 48.5 Å². The van der Waals surface area contributed by atoms with E-state index in [2.05, 4.69) is 5.32 Å². The molecule has 0 fully saturated rings. The van der Waals surface area contributed by atoms with Gasteiger partial charge < -0.3 is 10.1 Å². The van der Waals surface area contributed by atoms with Crippen molar-refractivity contribution >= 4 is 40.7 Å². The second-order valence-electron chi connectivity index (χ2n) is 4.70. The lowest BCUT2D eigenvalue weighted by molar-refractivity contribution is -0.113. The molecule has 1 amide bonds. The SMILES string of the molecule is COc1cccc(C(=O)CSCC(=O)Nc2ccc(Cl)cc2)c1. The van der Waals surface area contributed by atoms with Gasteiger partial charge >= 0.3 is 0 Å². The molecule has 0 unspecified atom stereocenters. The Morgan fingerprint density at radius 2 is 1.87 bits per heavy atom. The molecular formula is C17H16ClNO3S. The first-order valence-electron chi connectivity index (χ1n) is 6.89. The summed E-state index contributed by atoms with van der Waals surface area (Å²) >= 11 is 7.05. The van der Waals surface area contributed by atoms with E-state index in [0.717, 1.165) is 0 Å². The Morgan fingerprint density at radius 3 is 2.57 bits per heavy atom. The van der Waals surface area contributed by atoms with E-state index in [1.54, 1.807) is 55.6 Å². The minimum atomic E-state index is -0.157. The second kappa shape index (κ2) is 8.60. The zero-order chi connectivity index (χ0) is 16.7. The number of methoxy groups -OCH3 is 1. The fourth-order valence-electron chi connectivity index (χ4n) is 1.85.